The minimum atomic E-state index is -0.165. The van der Waals surface area contributed by atoms with E-state index in [9.17, 15) is 4.79 Å². The zero-order valence-corrected chi connectivity index (χ0v) is 21.9. The maximum atomic E-state index is 13.7. The summed E-state index contributed by atoms with van der Waals surface area (Å²) < 4.78 is 3.79. The maximum Gasteiger partial charge on any atom is 0.252 e. The van der Waals surface area contributed by atoms with Gasteiger partial charge in [-0.25, -0.2) is 9.67 Å². The van der Waals surface area contributed by atoms with Crippen LogP contribution in [0.3, 0.4) is 0 Å². The lowest BCUT2D eigenvalue weighted by molar-refractivity contribution is 0.0952. The second-order valence-electron chi connectivity index (χ2n) is 9.36. The Morgan fingerprint density at radius 3 is 2.38 bits per heavy atom. The van der Waals surface area contributed by atoms with Gasteiger partial charge in [0.15, 0.2) is 0 Å². The van der Waals surface area contributed by atoms with Crippen molar-refractivity contribution in [3.8, 4) is 28.2 Å². The largest absolute Gasteiger partial charge is 0.348 e. The summed E-state index contributed by atoms with van der Waals surface area (Å²) >= 11 is 0. The minimum Gasteiger partial charge on any atom is -0.348 e. The van der Waals surface area contributed by atoms with Gasteiger partial charge in [-0.3, -0.25) is 9.48 Å². The van der Waals surface area contributed by atoms with Crippen LogP contribution in [0.25, 0.3) is 39.1 Å². The Hall–Kier alpha value is -5.04. The Morgan fingerprint density at radius 2 is 1.64 bits per heavy atom. The van der Waals surface area contributed by atoms with Gasteiger partial charge in [-0.2, -0.15) is 10.2 Å². The van der Waals surface area contributed by atoms with Crippen molar-refractivity contribution in [3.05, 3.63) is 120 Å². The fraction of sp³-hybridized carbons (Fsp3) is 0.125. The molecule has 7 nitrogen and oxygen atoms in total. The van der Waals surface area contributed by atoms with Gasteiger partial charge in [-0.15, -0.1) is 0 Å². The Kier molecular flexibility index (Phi) is 6.47. The summed E-state index contributed by atoms with van der Waals surface area (Å²) in [5, 5.41) is 13.3. The number of amides is 1. The van der Waals surface area contributed by atoms with Crippen LogP contribution in [0.5, 0.6) is 0 Å². The fourth-order valence-electron chi connectivity index (χ4n) is 4.88. The monoisotopic (exact) mass is 512 g/mol. The number of hydrogen-bond acceptors (Lipinski definition) is 4. The molecule has 39 heavy (non-hydrogen) atoms. The van der Waals surface area contributed by atoms with Gasteiger partial charge >= 0.3 is 0 Å². The van der Waals surface area contributed by atoms with Crippen molar-refractivity contribution in [2.75, 3.05) is 0 Å². The topological polar surface area (TPSA) is 77.6 Å². The molecule has 3 aromatic heterocycles. The van der Waals surface area contributed by atoms with Gasteiger partial charge in [0, 0.05) is 47.1 Å². The number of nitrogens with one attached hydrogen (secondary N) is 1. The molecule has 0 atom stereocenters. The van der Waals surface area contributed by atoms with E-state index in [0.717, 1.165) is 56.9 Å². The molecule has 0 unspecified atom stereocenters. The molecule has 7 heteroatoms. The molecule has 0 aliphatic carbocycles. The highest BCUT2D eigenvalue weighted by Crippen LogP contribution is 2.28. The number of aromatic nitrogens is 5. The smallest absolute Gasteiger partial charge is 0.252 e. The van der Waals surface area contributed by atoms with E-state index in [0.29, 0.717) is 12.1 Å². The van der Waals surface area contributed by atoms with E-state index < -0.39 is 0 Å². The number of aryl methyl sites for hydroxylation is 1. The van der Waals surface area contributed by atoms with Crippen LogP contribution in [-0.2, 0) is 13.1 Å². The molecular weight excluding hydrogens is 484 g/mol. The molecule has 0 radical (unpaired) electrons. The first-order chi connectivity index (χ1) is 19.1. The highest BCUT2D eigenvalue weighted by molar-refractivity contribution is 6.07. The van der Waals surface area contributed by atoms with E-state index >= 15 is 0 Å². The van der Waals surface area contributed by atoms with Crippen molar-refractivity contribution >= 4 is 16.8 Å². The number of hydrogen-bond donors (Lipinski definition) is 1. The van der Waals surface area contributed by atoms with Crippen LogP contribution < -0.4 is 5.32 Å². The Bertz CT molecular complexity index is 1770. The first kappa shape index (κ1) is 24.3. The van der Waals surface area contributed by atoms with Gasteiger partial charge in [0.2, 0.25) is 0 Å². The lowest BCUT2D eigenvalue weighted by Gasteiger charge is -2.11. The molecule has 0 spiro atoms. The van der Waals surface area contributed by atoms with E-state index in [1.165, 1.54) is 0 Å². The van der Waals surface area contributed by atoms with Crippen LogP contribution in [0.2, 0.25) is 0 Å². The summed E-state index contributed by atoms with van der Waals surface area (Å²) in [5.74, 6) is -0.165. The standard InChI is InChI=1S/C32H28N6O/c1-3-37-22(2)28(20-34-37)30-18-27(26-16-10-11-17-29(26)35-30)32(39)33-19-24-21-38(25-14-8-5-9-15-25)36-31(24)23-12-6-4-7-13-23/h4-18,20-21H,3,19H2,1-2H3,(H,33,39). The van der Waals surface area contributed by atoms with Crippen molar-refractivity contribution in [1.29, 1.82) is 0 Å². The lowest BCUT2D eigenvalue weighted by Crippen LogP contribution is -2.23. The second-order valence-corrected chi connectivity index (χ2v) is 9.36. The molecule has 3 heterocycles. The summed E-state index contributed by atoms with van der Waals surface area (Å²) in [6.45, 7) is 5.18. The molecular formula is C32H28N6O. The predicted molar refractivity (Wildman–Crippen MR) is 154 cm³/mol. The molecule has 192 valence electrons. The molecule has 0 saturated heterocycles. The normalized spacial score (nSPS) is 11.1. The summed E-state index contributed by atoms with van der Waals surface area (Å²) in [6, 6.07) is 29.6. The third kappa shape index (κ3) is 4.70. The lowest BCUT2D eigenvalue weighted by atomic mass is 10.0. The number of carbonyl (C=O) groups is 1. The zero-order valence-electron chi connectivity index (χ0n) is 21.9. The van der Waals surface area contributed by atoms with Gasteiger partial charge in [-0.1, -0.05) is 66.7 Å². The molecule has 0 fully saturated rings. The van der Waals surface area contributed by atoms with Gasteiger partial charge in [0.1, 0.15) is 0 Å². The molecule has 0 aliphatic rings. The third-order valence-corrected chi connectivity index (χ3v) is 6.94. The quantitative estimate of drug-likeness (QED) is 0.276. The Morgan fingerprint density at radius 1 is 0.923 bits per heavy atom. The van der Waals surface area contributed by atoms with Crippen LogP contribution in [-0.4, -0.2) is 30.5 Å². The van der Waals surface area contributed by atoms with Crippen LogP contribution in [0, 0.1) is 6.92 Å². The van der Waals surface area contributed by atoms with E-state index in [1.54, 1.807) is 0 Å². The van der Waals surface area contributed by atoms with Crippen LogP contribution in [0.15, 0.2) is 103 Å². The third-order valence-electron chi connectivity index (χ3n) is 6.94. The summed E-state index contributed by atoms with van der Waals surface area (Å²) in [5.41, 5.74) is 7.75. The average Bonchev–Trinajstić information content (AvgIpc) is 3.59. The van der Waals surface area contributed by atoms with Crippen molar-refractivity contribution in [2.24, 2.45) is 0 Å². The first-order valence-corrected chi connectivity index (χ1v) is 13.0. The summed E-state index contributed by atoms with van der Waals surface area (Å²) in [6.07, 6.45) is 3.80. The SMILES string of the molecule is CCn1ncc(-c2cc(C(=O)NCc3cn(-c4ccccc4)nc3-c3ccccc3)c3ccccc3n2)c1C. The Balaban J connectivity index is 1.36. The van der Waals surface area contributed by atoms with Gasteiger partial charge < -0.3 is 5.32 Å². The van der Waals surface area contributed by atoms with E-state index in [1.807, 2.05) is 120 Å². The van der Waals surface area contributed by atoms with Crippen molar-refractivity contribution in [3.63, 3.8) is 0 Å². The number of para-hydroxylation sites is 2. The molecule has 3 aromatic carbocycles. The second kappa shape index (κ2) is 10.4. The van der Waals surface area contributed by atoms with Crippen molar-refractivity contribution < 1.29 is 4.79 Å². The average molecular weight is 513 g/mol. The highest BCUT2D eigenvalue weighted by atomic mass is 16.1. The Labute approximate surface area is 226 Å². The first-order valence-electron chi connectivity index (χ1n) is 13.0. The zero-order chi connectivity index (χ0) is 26.8. The molecule has 6 rings (SSSR count). The van der Waals surface area contributed by atoms with E-state index in [4.69, 9.17) is 10.1 Å². The van der Waals surface area contributed by atoms with E-state index in [2.05, 4.69) is 17.3 Å². The van der Waals surface area contributed by atoms with Gasteiger partial charge in [0.05, 0.1) is 34.4 Å². The minimum absolute atomic E-state index is 0.165. The summed E-state index contributed by atoms with van der Waals surface area (Å²) in [4.78, 5) is 18.6. The molecule has 1 amide bonds. The molecule has 0 bridgehead atoms. The number of benzene rings is 3. The number of carbonyl (C=O) groups excluding carboxylic acids is 1. The van der Waals surface area contributed by atoms with Crippen LogP contribution in [0.1, 0.15) is 28.5 Å². The summed E-state index contributed by atoms with van der Waals surface area (Å²) in [7, 11) is 0. The molecule has 0 saturated carbocycles. The van der Waals surface area contributed by atoms with E-state index in [-0.39, 0.29) is 5.91 Å². The highest BCUT2D eigenvalue weighted by Gasteiger charge is 2.18. The number of rotatable bonds is 7. The van der Waals surface area contributed by atoms with Gasteiger partial charge in [-0.05, 0) is 38.1 Å². The predicted octanol–water partition coefficient (Wildman–Crippen LogP) is 6.21. The molecule has 1 N–H and O–H groups in total. The molecule has 0 aliphatic heterocycles. The van der Waals surface area contributed by atoms with Crippen LogP contribution >= 0.6 is 0 Å². The van der Waals surface area contributed by atoms with Crippen LogP contribution in [0.4, 0.5) is 0 Å². The molecule has 6 aromatic rings. The van der Waals surface area contributed by atoms with Gasteiger partial charge in [0.25, 0.3) is 5.91 Å². The van der Waals surface area contributed by atoms with Crippen molar-refractivity contribution in [1.82, 2.24) is 29.9 Å². The van der Waals surface area contributed by atoms with Crippen molar-refractivity contribution in [2.45, 2.75) is 26.9 Å². The number of fused-ring (bicyclic) bond motifs is 1. The number of nitrogens with zero attached hydrogens (tertiary/aromatic N) is 5. The maximum absolute atomic E-state index is 13.7. The fourth-order valence-corrected chi connectivity index (χ4v) is 4.88. The number of pyridine rings is 1.